The Kier molecular flexibility index (Phi) is 12.0. The number of aliphatic hydroxyl groups is 2. The minimum Gasteiger partial charge on any atom is -0.393 e. The Hall–Kier alpha value is -1.14. The van der Waals surface area contributed by atoms with Crippen molar-refractivity contribution in [3.63, 3.8) is 0 Å². The Morgan fingerprint density at radius 3 is 2.69 bits per heavy atom. The Morgan fingerprint density at radius 1 is 1.22 bits per heavy atom. The van der Waals surface area contributed by atoms with E-state index in [0.29, 0.717) is 36.7 Å². The molecular weight excluding hydrogens is 472 g/mol. The summed E-state index contributed by atoms with van der Waals surface area (Å²) in [5, 5.41) is 26.1. The topological polar surface area (TPSA) is 72.8 Å². The molecule has 204 valence electrons. The smallest absolute Gasteiger partial charge is 0.222 e. The predicted octanol–water partition coefficient (Wildman–Crippen LogP) is 5.90. The van der Waals surface area contributed by atoms with Crippen LogP contribution in [0.5, 0.6) is 0 Å². The van der Waals surface area contributed by atoms with E-state index in [-0.39, 0.29) is 17.9 Å². The Labute approximate surface area is 224 Å². The highest BCUT2D eigenvalue weighted by Gasteiger charge is 2.41. The monoisotopic (exact) mass is 520 g/mol. The summed E-state index contributed by atoms with van der Waals surface area (Å²) in [6, 6.07) is 7.54. The van der Waals surface area contributed by atoms with E-state index in [1.54, 1.807) is 0 Å². The maximum atomic E-state index is 13.5. The van der Waals surface area contributed by atoms with Gasteiger partial charge in [-0.05, 0) is 88.1 Å². The van der Waals surface area contributed by atoms with E-state index in [2.05, 4.69) is 5.32 Å². The van der Waals surface area contributed by atoms with Gasteiger partial charge in [-0.25, -0.2) is 0 Å². The largest absolute Gasteiger partial charge is 0.393 e. The van der Waals surface area contributed by atoms with E-state index in [4.69, 9.17) is 11.6 Å². The second-order valence-corrected chi connectivity index (χ2v) is 11.9. The van der Waals surface area contributed by atoms with Gasteiger partial charge in [0.05, 0.1) is 11.7 Å². The lowest BCUT2D eigenvalue weighted by molar-refractivity contribution is -0.138. The number of hydrogen-bond acceptors (Lipinski definition) is 4. The van der Waals surface area contributed by atoms with E-state index in [9.17, 15) is 15.0 Å². The number of carbonyl (C=O) groups is 1. The summed E-state index contributed by atoms with van der Waals surface area (Å²) < 4.78 is 0. The van der Waals surface area contributed by atoms with Gasteiger partial charge < -0.3 is 20.4 Å². The maximum absolute atomic E-state index is 13.5. The molecule has 0 spiro atoms. The summed E-state index contributed by atoms with van der Waals surface area (Å²) in [6.07, 6.45) is 12.5. The quantitative estimate of drug-likeness (QED) is 0.302. The molecule has 1 saturated carbocycles. The lowest BCUT2D eigenvalue weighted by Crippen LogP contribution is -2.48. The number of nitrogens with one attached hydrogen (secondary N) is 1. The molecule has 1 amide bonds. The fourth-order valence-corrected chi connectivity index (χ4v) is 6.73. The highest BCUT2D eigenvalue weighted by atomic mass is 35.5. The summed E-state index contributed by atoms with van der Waals surface area (Å²) >= 11 is 6.32. The number of nitrogens with zero attached hydrogens (tertiary/aromatic N) is 1. The molecule has 0 bridgehead atoms. The molecule has 4 atom stereocenters. The van der Waals surface area contributed by atoms with Crippen LogP contribution in [0.3, 0.4) is 0 Å². The molecule has 1 unspecified atom stereocenters. The molecule has 1 heterocycles. The van der Waals surface area contributed by atoms with Gasteiger partial charge in [-0.3, -0.25) is 4.79 Å². The van der Waals surface area contributed by atoms with Gasteiger partial charge in [0, 0.05) is 30.5 Å². The first kappa shape index (κ1) is 29.4. The molecule has 0 aromatic heterocycles. The molecule has 1 aliphatic heterocycles. The van der Waals surface area contributed by atoms with Gasteiger partial charge in [0.25, 0.3) is 0 Å². The van der Waals surface area contributed by atoms with Crippen molar-refractivity contribution in [1.82, 2.24) is 10.2 Å². The molecule has 3 rings (SSSR count). The molecule has 1 saturated heterocycles. The van der Waals surface area contributed by atoms with Crippen molar-refractivity contribution in [2.24, 2.45) is 17.8 Å². The number of aliphatic hydroxyl groups excluding tert-OH is 1. The van der Waals surface area contributed by atoms with Crippen LogP contribution in [0.1, 0.15) is 96.0 Å². The molecule has 1 aromatic rings. The predicted molar refractivity (Wildman–Crippen MR) is 148 cm³/mol. The number of hydrogen-bond donors (Lipinski definition) is 3. The summed E-state index contributed by atoms with van der Waals surface area (Å²) in [7, 11) is 1.98. The van der Waals surface area contributed by atoms with Crippen LogP contribution >= 0.6 is 11.6 Å². The third kappa shape index (κ3) is 8.44. The van der Waals surface area contributed by atoms with Crippen molar-refractivity contribution in [3.8, 4) is 0 Å². The van der Waals surface area contributed by atoms with E-state index < -0.39 is 5.60 Å². The summed E-state index contributed by atoms with van der Waals surface area (Å²) in [5.74, 6) is 1.30. The highest BCUT2D eigenvalue weighted by Crippen LogP contribution is 2.41. The van der Waals surface area contributed by atoms with Crippen LogP contribution in [0, 0.1) is 17.8 Å². The molecule has 6 heteroatoms. The average molecular weight is 521 g/mol. The van der Waals surface area contributed by atoms with E-state index in [0.717, 1.165) is 56.7 Å². The molecule has 5 nitrogen and oxygen atoms in total. The van der Waals surface area contributed by atoms with E-state index in [1.165, 1.54) is 32.1 Å². The van der Waals surface area contributed by atoms with Crippen LogP contribution in [-0.2, 0) is 10.4 Å². The molecule has 1 aromatic carbocycles. The number of likely N-dealkylation sites (tertiary alicyclic amines) is 1. The van der Waals surface area contributed by atoms with Crippen molar-refractivity contribution in [2.45, 2.75) is 102 Å². The third-order valence-corrected chi connectivity index (χ3v) is 8.92. The van der Waals surface area contributed by atoms with Crippen molar-refractivity contribution >= 4 is 17.5 Å². The molecular formula is C30H49ClN2O3. The zero-order valence-electron chi connectivity index (χ0n) is 22.6. The third-order valence-electron chi connectivity index (χ3n) is 8.69. The lowest BCUT2D eigenvalue weighted by atomic mass is 9.73. The molecule has 2 aliphatic rings. The minimum atomic E-state index is -1.07. The normalized spacial score (nSPS) is 22.7. The second kappa shape index (κ2) is 14.7. The Morgan fingerprint density at radius 2 is 2.00 bits per heavy atom. The number of carbonyl (C=O) groups excluding carboxylic acids is 1. The molecule has 0 radical (unpaired) electrons. The van der Waals surface area contributed by atoms with Crippen LogP contribution in [0.25, 0.3) is 0 Å². The van der Waals surface area contributed by atoms with Crippen molar-refractivity contribution in [1.29, 1.82) is 0 Å². The van der Waals surface area contributed by atoms with Crippen LogP contribution in [0.2, 0.25) is 5.02 Å². The van der Waals surface area contributed by atoms with Crippen LogP contribution < -0.4 is 5.32 Å². The number of rotatable bonds is 13. The zero-order valence-corrected chi connectivity index (χ0v) is 23.3. The van der Waals surface area contributed by atoms with Crippen LogP contribution in [-0.4, -0.2) is 53.8 Å². The van der Waals surface area contributed by atoms with Gasteiger partial charge in [0.1, 0.15) is 0 Å². The number of halogens is 1. The summed E-state index contributed by atoms with van der Waals surface area (Å²) in [4.78, 5) is 15.5. The first-order valence-corrected chi connectivity index (χ1v) is 14.8. The molecule has 2 fully saturated rings. The van der Waals surface area contributed by atoms with Crippen molar-refractivity contribution in [2.75, 3.05) is 26.7 Å². The van der Waals surface area contributed by atoms with Crippen molar-refractivity contribution < 1.29 is 15.0 Å². The number of benzene rings is 1. The fraction of sp³-hybridized carbons (Fsp3) is 0.767. The summed E-state index contributed by atoms with van der Waals surface area (Å²) in [5.41, 5.74) is -0.241. The number of amides is 1. The fourth-order valence-electron chi connectivity index (χ4n) is 6.54. The second-order valence-electron chi connectivity index (χ2n) is 11.4. The molecule has 36 heavy (non-hydrogen) atoms. The zero-order chi connectivity index (χ0) is 26.0. The SMILES string of the molecule is CCC(O)CCC[C@@](O)(c1cccc(Cl)c1)[C@@H]1CCCN(C(=O)C[C@H](CNC)CC2CCCCC2)C1. The molecule has 3 N–H and O–H groups in total. The van der Waals surface area contributed by atoms with Gasteiger partial charge in [-0.1, -0.05) is 62.8 Å². The highest BCUT2D eigenvalue weighted by molar-refractivity contribution is 6.30. The average Bonchev–Trinajstić information content (AvgIpc) is 2.89. The molecule has 1 aliphatic carbocycles. The standard InChI is InChI=1S/C30H49ClN2O3/c1-3-28(34)15-8-16-30(36,25-12-7-14-27(31)20-25)26-13-9-17-33(22-26)29(35)19-24(21-32-2)18-23-10-5-4-6-11-23/h7,12,14,20,23-24,26,28,32,34,36H,3-6,8-11,13,15-19,21-22H2,1-2H3/t24-,26-,28?,30-/m1/s1. The Balaban J connectivity index is 1.69. The van der Waals surface area contributed by atoms with Gasteiger partial charge in [0.2, 0.25) is 5.91 Å². The first-order valence-electron chi connectivity index (χ1n) is 14.4. The lowest BCUT2D eigenvalue weighted by Gasteiger charge is -2.43. The van der Waals surface area contributed by atoms with Crippen molar-refractivity contribution in [3.05, 3.63) is 34.9 Å². The van der Waals surface area contributed by atoms with Crippen LogP contribution in [0.4, 0.5) is 0 Å². The van der Waals surface area contributed by atoms with Gasteiger partial charge in [0.15, 0.2) is 0 Å². The Bertz CT molecular complexity index is 800. The maximum Gasteiger partial charge on any atom is 0.222 e. The van der Waals surface area contributed by atoms with Gasteiger partial charge in [-0.15, -0.1) is 0 Å². The van der Waals surface area contributed by atoms with E-state index >= 15 is 0 Å². The first-order chi connectivity index (χ1) is 17.4. The minimum absolute atomic E-state index is 0.0477. The summed E-state index contributed by atoms with van der Waals surface area (Å²) in [6.45, 7) is 4.21. The van der Waals surface area contributed by atoms with E-state index in [1.807, 2.05) is 43.1 Å². The van der Waals surface area contributed by atoms with Gasteiger partial charge in [-0.2, -0.15) is 0 Å². The van der Waals surface area contributed by atoms with Gasteiger partial charge >= 0.3 is 0 Å². The van der Waals surface area contributed by atoms with Crippen LogP contribution in [0.15, 0.2) is 24.3 Å². The number of piperidine rings is 1.